The Kier molecular flexibility index (Phi) is 3.46. The molecule has 2 unspecified atom stereocenters. The minimum atomic E-state index is 0.363. The van der Waals surface area contributed by atoms with E-state index in [0.717, 1.165) is 24.4 Å². The highest BCUT2D eigenvalue weighted by atomic mass is 15.3. The lowest BCUT2D eigenvalue weighted by atomic mass is 9.66. The number of fused-ring (bicyclic) bond motifs is 2. The first-order chi connectivity index (χ1) is 8.94. The van der Waals surface area contributed by atoms with Gasteiger partial charge < -0.3 is 5.73 Å². The molecular weight excluding hydrogens is 232 g/mol. The lowest BCUT2D eigenvalue weighted by molar-refractivity contribution is 0.00167. The van der Waals surface area contributed by atoms with Crippen LogP contribution in [0.4, 0.5) is 0 Å². The normalized spacial score (nSPS) is 43.9. The number of nitrogens with zero attached hydrogens (tertiary/aromatic N) is 1. The second-order valence-corrected chi connectivity index (χ2v) is 8.55. The molecule has 0 amide bonds. The van der Waals surface area contributed by atoms with E-state index in [1.54, 1.807) is 0 Å². The predicted molar refractivity (Wildman–Crippen MR) is 81.0 cm³/mol. The van der Waals surface area contributed by atoms with Crippen molar-refractivity contribution in [2.75, 3.05) is 13.1 Å². The summed E-state index contributed by atoms with van der Waals surface area (Å²) >= 11 is 0. The van der Waals surface area contributed by atoms with Gasteiger partial charge in [0.05, 0.1) is 0 Å². The Morgan fingerprint density at radius 1 is 1.11 bits per heavy atom. The second-order valence-electron chi connectivity index (χ2n) is 8.55. The summed E-state index contributed by atoms with van der Waals surface area (Å²) in [7, 11) is 0. The topological polar surface area (TPSA) is 29.3 Å². The van der Waals surface area contributed by atoms with Crippen molar-refractivity contribution < 1.29 is 0 Å². The van der Waals surface area contributed by atoms with Crippen molar-refractivity contribution in [2.24, 2.45) is 23.0 Å². The summed E-state index contributed by atoms with van der Waals surface area (Å²) < 4.78 is 0. The van der Waals surface area contributed by atoms with Gasteiger partial charge in [-0.15, -0.1) is 0 Å². The molecule has 3 aliphatic rings. The standard InChI is InChI=1S/C17H32N2/c1-16(2,3)14-6-8-17(12-18,9-7-14)19-11-13-4-5-15(19)10-13/h13-15H,4-12,18H2,1-3H3. The molecule has 3 fully saturated rings. The molecule has 3 rings (SSSR count). The van der Waals surface area contributed by atoms with Crippen LogP contribution >= 0.6 is 0 Å². The fraction of sp³-hybridized carbons (Fsp3) is 1.00. The number of rotatable bonds is 2. The monoisotopic (exact) mass is 264 g/mol. The van der Waals surface area contributed by atoms with Gasteiger partial charge in [-0.25, -0.2) is 0 Å². The maximum Gasteiger partial charge on any atom is 0.0335 e. The van der Waals surface area contributed by atoms with E-state index >= 15 is 0 Å². The molecule has 2 atom stereocenters. The first-order valence-corrected chi connectivity index (χ1v) is 8.41. The van der Waals surface area contributed by atoms with Crippen LogP contribution in [0.1, 0.15) is 65.7 Å². The van der Waals surface area contributed by atoms with Crippen LogP contribution in [0.2, 0.25) is 0 Å². The van der Waals surface area contributed by atoms with E-state index in [4.69, 9.17) is 5.73 Å². The summed E-state index contributed by atoms with van der Waals surface area (Å²) in [5.74, 6) is 1.89. The zero-order valence-electron chi connectivity index (χ0n) is 13.1. The smallest absolute Gasteiger partial charge is 0.0335 e. The highest BCUT2D eigenvalue weighted by molar-refractivity contribution is 5.05. The molecule has 2 bridgehead atoms. The quantitative estimate of drug-likeness (QED) is 0.828. The molecule has 0 aromatic carbocycles. The van der Waals surface area contributed by atoms with Gasteiger partial charge in [0.25, 0.3) is 0 Å². The molecule has 2 saturated carbocycles. The van der Waals surface area contributed by atoms with Crippen molar-refractivity contribution in [3.05, 3.63) is 0 Å². The van der Waals surface area contributed by atoms with E-state index < -0.39 is 0 Å². The molecule has 0 spiro atoms. The molecule has 2 nitrogen and oxygen atoms in total. The highest BCUT2D eigenvalue weighted by Gasteiger charge is 2.49. The van der Waals surface area contributed by atoms with Gasteiger partial charge in [0, 0.05) is 24.7 Å². The molecule has 0 aromatic rings. The largest absolute Gasteiger partial charge is 0.329 e. The second kappa shape index (κ2) is 4.73. The Bertz CT molecular complexity index is 323. The first-order valence-electron chi connectivity index (χ1n) is 8.41. The van der Waals surface area contributed by atoms with E-state index in [0.29, 0.717) is 11.0 Å². The van der Waals surface area contributed by atoms with Crippen LogP contribution in [0.5, 0.6) is 0 Å². The summed E-state index contributed by atoms with van der Waals surface area (Å²) in [5, 5.41) is 0. The van der Waals surface area contributed by atoms with Crippen molar-refractivity contribution in [3.63, 3.8) is 0 Å². The fourth-order valence-electron chi connectivity index (χ4n) is 5.14. The van der Waals surface area contributed by atoms with Gasteiger partial charge >= 0.3 is 0 Å². The number of hydrogen-bond acceptors (Lipinski definition) is 2. The lowest BCUT2D eigenvalue weighted by Gasteiger charge is -2.51. The van der Waals surface area contributed by atoms with Gasteiger partial charge in [-0.3, -0.25) is 4.90 Å². The third-order valence-corrected chi connectivity index (χ3v) is 6.54. The Morgan fingerprint density at radius 3 is 2.21 bits per heavy atom. The van der Waals surface area contributed by atoms with E-state index in [2.05, 4.69) is 25.7 Å². The summed E-state index contributed by atoms with van der Waals surface area (Å²) in [6.45, 7) is 9.45. The Hall–Kier alpha value is -0.0800. The van der Waals surface area contributed by atoms with Gasteiger partial charge in [0.15, 0.2) is 0 Å². The predicted octanol–water partition coefficient (Wildman–Crippen LogP) is 3.40. The van der Waals surface area contributed by atoms with Crippen LogP contribution in [-0.2, 0) is 0 Å². The van der Waals surface area contributed by atoms with Gasteiger partial charge in [-0.1, -0.05) is 20.8 Å². The van der Waals surface area contributed by atoms with Crippen molar-refractivity contribution >= 4 is 0 Å². The third-order valence-electron chi connectivity index (χ3n) is 6.54. The Balaban J connectivity index is 1.69. The van der Waals surface area contributed by atoms with Crippen LogP contribution in [0.25, 0.3) is 0 Å². The summed E-state index contributed by atoms with van der Waals surface area (Å²) in [6.07, 6.45) is 9.83. The molecule has 2 heteroatoms. The van der Waals surface area contributed by atoms with Crippen LogP contribution in [-0.4, -0.2) is 29.6 Å². The number of nitrogens with two attached hydrogens (primary N) is 1. The SMILES string of the molecule is CC(C)(C)C1CCC(CN)(N2CC3CCC2C3)CC1. The molecule has 1 heterocycles. The lowest BCUT2D eigenvalue weighted by Crippen LogP contribution is -2.58. The average molecular weight is 264 g/mol. The van der Waals surface area contributed by atoms with Gasteiger partial charge in [-0.2, -0.15) is 0 Å². The van der Waals surface area contributed by atoms with E-state index in [-0.39, 0.29) is 0 Å². The van der Waals surface area contributed by atoms with Gasteiger partial charge in [0.1, 0.15) is 0 Å². The molecular formula is C17H32N2. The van der Waals surface area contributed by atoms with E-state index in [9.17, 15) is 0 Å². The summed E-state index contributed by atoms with van der Waals surface area (Å²) in [5.41, 5.74) is 7.10. The molecule has 1 aliphatic heterocycles. The molecule has 0 aromatic heterocycles. The van der Waals surface area contributed by atoms with Crippen molar-refractivity contribution in [1.29, 1.82) is 0 Å². The Labute approximate surface area is 119 Å². The number of hydrogen-bond donors (Lipinski definition) is 1. The van der Waals surface area contributed by atoms with E-state index in [1.165, 1.54) is 51.5 Å². The average Bonchev–Trinajstić information content (AvgIpc) is 3.00. The van der Waals surface area contributed by atoms with Crippen LogP contribution in [0.15, 0.2) is 0 Å². The first kappa shape index (κ1) is 13.9. The maximum atomic E-state index is 6.26. The zero-order valence-corrected chi connectivity index (χ0v) is 13.1. The van der Waals surface area contributed by atoms with Crippen molar-refractivity contribution in [2.45, 2.75) is 77.3 Å². The minimum Gasteiger partial charge on any atom is -0.329 e. The van der Waals surface area contributed by atoms with Crippen molar-refractivity contribution in [3.8, 4) is 0 Å². The molecule has 0 radical (unpaired) electrons. The highest BCUT2D eigenvalue weighted by Crippen LogP contribution is 2.48. The van der Waals surface area contributed by atoms with Crippen molar-refractivity contribution in [1.82, 2.24) is 4.90 Å². The van der Waals surface area contributed by atoms with Gasteiger partial charge in [-0.05, 0) is 62.2 Å². The molecule has 1 saturated heterocycles. The number of piperidine rings is 1. The van der Waals surface area contributed by atoms with E-state index in [1.807, 2.05) is 0 Å². The fourth-order valence-corrected chi connectivity index (χ4v) is 5.14. The molecule has 2 aliphatic carbocycles. The maximum absolute atomic E-state index is 6.26. The Morgan fingerprint density at radius 2 is 1.79 bits per heavy atom. The number of likely N-dealkylation sites (tertiary alicyclic amines) is 1. The zero-order chi connectivity index (χ0) is 13.7. The van der Waals surface area contributed by atoms with Crippen LogP contribution in [0.3, 0.4) is 0 Å². The van der Waals surface area contributed by atoms with Crippen LogP contribution in [0, 0.1) is 17.3 Å². The summed E-state index contributed by atoms with van der Waals surface area (Å²) in [6, 6.07) is 0.875. The molecule has 110 valence electrons. The van der Waals surface area contributed by atoms with Gasteiger partial charge in [0.2, 0.25) is 0 Å². The minimum absolute atomic E-state index is 0.363. The third kappa shape index (κ3) is 2.35. The summed E-state index contributed by atoms with van der Waals surface area (Å²) in [4.78, 5) is 2.85. The van der Waals surface area contributed by atoms with Crippen LogP contribution < -0.4 is 5.73 Å². The molecule has 2 N–H and O–H groups in total. The molecule has 19 heavy (non-hydrogen) atoms.